The van der Waals surface area contributed by atoms with Gasteiger partial charge in [-0.2, -0.15) is 0 Å². The van der Waals surface area contributed by atoms with Gasteiger partial charge < -0.3 is 15.5 Å². The number of halogens is 1. The van der Waals surface area contributed by atoms with Crippen molar-refractivity contribution in [1.82, 2.24) is 10.6 Å². The highest BCUT2D eigenvalue weighted by molar-refractivity contribution is 5.86. The zero-order chi connectivity index (χ0) is 15.2. The normalized spacial score (nSPS) is 18.7. The number of carbonyl (C=O) groups excluding carboxylic acids is 1. The number of rotatable bonds is 6. The number of piperazine rings is 1. The third-order valence-electron chi connectivity index (χ3n) is 3.79. The third-order valence-corrected chi connectivity index (χ3v) is 3.79. The molecular weight excluding hydrogens is 269 g/mol. The van der Waals surface area contributed by atoms with E-state index in [1.165, 1.54) is 0 Å². The maximum Gasteiger partial charge on any atom is 0.242 e. The molecule has 2 N–H and O–H groups in total. The number of amides is 1. The van der Waals surface area contributed by atoms with Crippen LogP contribution < -0.4 is 15.5 Å². The van der Waals surface area contributed by atoms with E-state index in [4.69, 9.17) is 0 Å². The molecule has 1 unspecified atom stereocenters. The molecule has 116 valence electrons. The minimum Gasteiger partial charge on any atom is -0.355 e. The average molecular weight is 293 g/mol. The first kappa shape index (κ1) is 15.8. The van der Waals surface area contributed by atoms with Crippen LogP contribution in [0.4, 0.5) is 10.1 Å². The van der Waals surface area contributed by atoms with Crippen LogP contribution in [0.3, 0.4) is 0 Å². The summed E-state index contributed by atoms with van der Waals surface area (Å²) in [5, 5.41) is 6.10. The number of benzene rings is 1. The Morgan fingerprint density at radius 1 is 1.43 bits per heavy atom. The molecule has 0 aromatic heterocycles. The quantitative estimate of drug-likeness (QED) is 0.789. The zero-order valence-corrected chi connectivity index (χ0v) is 12.8. The van der Waals surface area contributed by atoms with E-state index in [2.05, 4.69) is 17.6 Å². The minimum absolute atomic E-state index is 0.0168. The molecule has 1 aromatic rings. The zero-order valence-electron chi connectivity index (χ0n) is 12.8. The summed E-state index contributed by atoms with van der Waals surface area (Å²) in [6, 6.07) is 5.01. The summed E-state index contributed by atoms with van der Waals surface area (Å²) in [6.07, 6.45) is 1.73. The molecule has 1 aromatic carbocycles. The predicted octanol–water partition coefficient (Wildman–Crippen LogP) is 2.04. The van der Waals surface area contributed by atoms with Crippen molar-refractivity contribution in [2.45, 2.75) is 39.3 Å². The molecule has 0 spiro atoms. The van der Waals surface area contributed by atoms with E-state index < -0.39 is 0 Å². The Hall–Kier alpha value is -1.62. The number of nitrogens with zero attached hydrogens (tertiary/aromatic N) is 1. The molecule has 1 amide bonds. The van der Waals surface area contributed by atoms with Gasteiger partial charge in [-0.1, -0.05) is 19.9 Å². The molecular formula is C16H24FN3O. The summed E-state index contributed by atoms with van der Waals surface area (Å²) in [4.78, 5) is 13.7. The molecule has 2 rings (SSSR count). The van der Waals surface area contributed by atoms with Gasteiger partial charge in [-0.25, -0.2) is 4.39 Å². The minimum atomic E-state index is -0.280. The van der Waals surface area contributed by atoms with Gasteiger partial charge >= 0.3 is 0 Å². The van der Waals surface area contributed by atoms with Crippen molar-refractivity contribution in [2.75, 3.05) is 24.5 Å². The summed E-state index contributed by atoms with van der Waals surface area (Å²) in [5.74, 6) is -0.268. The molecule has 1 atom stereocenters. The van der Waals surface area contributed by atoms with Crippen molar-refractivity contribution in [1.29, 1.82) is 0 Å². The Morgan fingerprint density at radius 2 is 2.24 bits per heavy atom. The van der Waals surface area contributed by atoms with Crippen molar-refractivity contribution < 1.29 is 9.18 Å². The Bertz CT molecular complexity index is 492. The van der Waals surface area contributed by atoms with Gasteiger partial charge in [0.2, 0.25) is 5.91 Å². The van der Waals surface area contributed by atoms with E-state index in [1.54, 1.807) is 12.1 Å². The van der Waals surface area contributed by atoms with Gasteiger partial charge in [0, 0.05) is 19.6 Å². The van der Waals surface area contributed by atoms with Crippen molar-refractivity contribution >= 4 is 11.6 Å². The lowest BCUT2D eigenvalue weighted by Gasteiger charge is -2.36. The molecule has 4 nitrogen and oxygen atoms in total. The summed E-state index contributed by atoms with van der Waals surface area (Å²) in [6.45, 7) is 6.85. The molecule has 0 radical (unpaired) electrons. The van der Waals surface area contributed by atoms with Gasteiger partial charge in [-0.05, 0) is 37.1 Å². The molecule has 1 heterocycles. The first-order chi connectivity index (χ1) is 10.2. The Kier molecular flexibility index (Phi) is 5.56. The Morgan fingerprint density at radius 3 is 2.90 bits per heavy atom. The molecule has 1 aliphatic heterocycles. The van der Waals surface area contributed by atoms with E-state index in [0.717, 1.165) is 18.5 Å². The van der Waals surface area contributed by atoms with Crippen LogP contribution in [0.5, 0.6) is 0 Å². The van der Waals surface area contributed by atoms with Crippen LogP contribution in [0.25, 0.3) is 0 Å². The second-order valence-corrected chi connectivity index (χ2v) is 5.37. The van der Waals surface area contributed by atoms with E-state index in [0.29, 0.717) is 31.7 Å². The fourth-order valence-electron chi connectivity index (χ4n) is 2.71. The lowest BCUT2D eigenvalue weighted by molar-refractivity contribution is -0.123. The van der Waals surface area contributed by atoms with E-state index in [-0.39, 0.29) is 17.8 Å². The average Bonchev–Trinajstić information content (AvgIpc) is 2.47. The highest BCUT2D eigenvalue weighted by Crippen LogP contribution is 2.25. The number of nitrogens with one attached hydrogen (secondary N) is 2. The fraction of sp³-hybridized carbons (Fsp3) is 0.562. The maximum absolute atomic E-state index is 14.4. The number of anilines is 1. The largest absolute Gasteiger partial charge is 0.355 e. The molecule has 1 fully saturated rings. The molecule has 1 saturated heterocycles. The van der Waals surface area contributed by atoms with Crippen LogP contribution in [-0.2, 0) is 11.3 Å². The second kappa shape index (κ2) is 7.41. The van der Waals surface area contributed by atoms with Crippen LogP contribution in [0.1, 0.15) is 32.3 Å². The van der Waals surface area contributed by atoms with Gasteiger partial charge in [-0.3, -0.25) is 4.79 Å². The lowest BCUT2D eigenvalue weighted by atomic mass is 10.1. The first-order valence-electron chi connectivity index (χ1n) is 7.70. The van der Waals surface area contributed by atoms with Crippen molar-refractivity contribution in [3.8, 4) is 0 Å². The van der Waals surface area contributed by atoms with Crippen LogP contribution in [0.15, 0.2) is 18.2 Å². The lowest BCUT2D eigenvalue weighted by Crippen LogP contribution is -2.55. The van der Waals surface area contributed by atoms with Gasteiger partial charge in [0.1, 0.15) is 11.9 Å². The summed E-state index contributed by atoms with van der Waals surface area (Å²) >= 11 is 0. The molecule has 0 bridgehead atoms. The topological polar surface area (TPSA) is 44.4 Å². The number of carbonyl (C=O) groups is 1. The first-order valence-corrected chi connectivity index (χ1v) is 7.70. The van der Waals surface area contributed by atoms with Crippen LogP contribution >= 0.6 is 0 Å². The summed E-state index contributed by atoms with van der Waals surface area (Å²) < 4.78 is 14.4. The molecule has 0 aliphatic carbocycles. The highest BCUT2D eigenvalue weighted by Gasteiger charge is 2.29. The van der Waals surface area contributed by atoms with Gasteiger partial charge in [0.15, 0.2) is 0 Å². The molecule has 1 aliphatic rings. The second-order valence-electron chi connectivity index (χ2n) is 5.37. The van der Waals surface area contributed by atoms with E-state index in [1.807, 2.05) is 17.9 Å². The summed E-state index contributed by atoms with van der Waals surface area (Å²) in [7, 11) is 0. The smallest absolute Gasteiger partial charge is 0.242 e. The molecule has 21 heavy (non-hydrogen) atoms. The van der Waals surface area contributed by atoms with Crippen LogP contribution in [0, 0.1) is 5.82 Å². The summed E-state index contributed by atoms with van der Waals surface area (Å²) in [5.41, 5.74) is 1.45. The Balaban J connectivity index is 2.14. The van der Waals surface area contributed by atoms with Crippen molar-refractivity contribution in [2.24, 2.45) is 0 Å². The fourth-order valence-corrected chi connectivity index (χ4v) is 2.71. The van der Waals surface area contributed by atoms with Crippen molar-refractivity contribution in [3.05, 3.63) is 29.6 Å². The van der Waals surface area contributed by atoms with Gasteiger partial charge in [-0.15, -0.1) is 0 Å². The standard InChI is InChI=1S/C16H24FN3O/c1-3-7-18-11-12-5-6-15(13(17)10-12)20-9-8-19-16(21)14(20)4-2/h5-6,10,14,18H,3-4,7-9,11H2,1-2H3,(H,19,21). The van der Waals surface area contributed by atoms with Crippen LogP contribution in [-0.4, -0.2) is 31.6 Å². The van der Waals surface area contributed by atoms with E-state index >= 15 is 0 Å². The predicted molar refractivity (Wildman–Crippen MR) is 82.8 cm³/mol. The molecule has 5 heteroatoms. The third kappa shape index (κ3) is 3.73. The Labute approximate surface area is 125 Å². The SMILES string of the molecule is CCCNCc1ccc(N2CCNC(=O)C2CC)c(F)c1. The van der Waals surface area contributed by atoms with E-state index in [9.17, 15) is 9.18 Å². The van der Waals surface area contributed by atoms with Crippen LogP contribution in [0.2, 0.25) is 0 Å². The highest BCUT2D eigenvalue weighted by atomic mass is 19.1. The monoisotopic (exact) mass is 293 g/mol. The number of hydrogen-bond acceptors (Lipinski definition) is 3. The number of hydrogen-bond donors (Lipinski definition) is 2. The van der Waals surface area contributed by atoms with Crippen molar-refractivity contribution in [3.63, 3.8) is 0 Å². The molecule has 0 saturated carbocycles. The maximum atomic E-state index is 14.4. The van der Waals surface area contributed by atoms with Gasteiger partial charge in [0.25, 0.3) is 0 Å². The van der Waals surface area contributed by atoms with Gasteiger partial charge in [0.05, 0.1) is 5.69 Å².